The van der Waals surface area contributed by atoms with E-state index in [9.17, 15) is 10.1 Å². The zero-order valence-corrected chi connectivity index (χ0v) is 12.8. The van der Waals surface area contributed by atoms with E-state index in [4.69, 9.17) is 4.74 Å². The van der Waals surface area contributed by atoms with E-state index in [0.29, 0.717) is 10.2 Å². The van der Waals surface area contributed by atoms with Gasteiger partial charge < -0.3 is 4.74 Å². The molecule has 4 nitrogen and oxygen atoms in total. The van der Waals surface area contributed by atoms with Gasteiger partial charge in [0.2, 0.25) is 5.75 Å². The Morgan fingerprint density at radius 3 is 2.40 bits per heavy atom. The van der Waals surface area contributed by atoms with E-state index in [1.807, 2.05) is 24.3 Å². The first-order valence-corrected chi connectivity index (χ1v) is 6.99. The number of hydrogen-bond donors (Lipinski definition) is 0. The quantitative estimate of drug-likeness (QED) is 0.564. The molecule has 5 heteroatoms. The van der Waals surface area contributed by atoms with Crippen LogP contribution in [0.2, 0.25) is 0 Å². The van der Waals surface area contributed by atoms with Gasteiger partial charge in [-0.1, -0.05) is 38.1 Å². The second-order valence-electron chi connectivity index (χ2n) is 4.64. The van der Waals surface area contributed by atoms with Gasteiger partial charge in [-0.15, -0.1) is 0 Å². The molecule has 0 aliphatic carbocycles. The molecular weight excluding hydrogens is 322 g/mol. The molecule has 104 valence electrons. The van der Waals surface area contributed by atoms with E-state index < -0.39 is 4.92 Å². The molecule has 20 heavy (non-hydrogen) atoms. The number of benzene rings is 2. The fraction of sp³-hybridized carbons (Fsp3) is 0.200. The minimum atomic E-state index is -0.447. The standard InChI is InChI=1S/C15H14BrNO3/c1-10(2)11-6-3-4-8-13(11)20-14-9-5-7-12(16)15(14)17(18)19/h3-10H,1-2H3. The van der Waals surface area contributed by atoms with E-state index >= 15 is 0 Å². The summed E-state index contributed by atoms with van der Waals surface area (Å²) in [4.78, 5) is 10.7. The van der Waals surface area contributed by atoms with E-state index in [0.717, 1.165) is 5.56 Å². The molecule has 0 unspecified atom stereocenters. The molecule has 0 heterocycles. The lowest BCUT2D eigenvalue weighted by atomic mass is 10.0. The van der Waals surface area contributed by atoms with Gasteiger partial charge >= 0.3 is 5.69 Å². The summed E-state index contributed by atoms with van der Waals surface area (Å²) in [6.45, 7) is 4.11. The van der Waals surface area contributed by atoms with Crippen molar-refractivity contribution >= 4 is 21.6 Å². The number of nitro benzene ring substituents is 1. The third-order valence-corrected chi connectivity index (χ3v) is 3.53. The summed E-state index contributed by atoms with van der Waals surface area (Å²) in [5.41, 5.74) is 0.952. The van der Waals surface area contributed by atoms with Crippen molar-refractivity contribution in [3.63, 3.8) is 0 Å². The van der Waals surface area contributed by atoms with Crippen LogP contribution in [0.15, 0.2) is 46.9 Å². The largest absolute Gasteiger partial charge is 0.450 e. The first-order chi connectivity index (χ1) is 9.50. The molecule has 2 aromatic carbocycles. The van der Waals surface area contributed by atoms with Gasteiger partial charge in [-0.05, 0) is 45.6 Å². The zero-order valence-electron chi connectivity index (χ0n) is 11.2. The van der Waals surface area contributed by atoms with Crippen molar-refractivity contribution in [1.29, 1.82) is 0 Å². The maximum absolute atomic E-state index is 11.1. The Kier molecular flexibility index (Phi) is 4.39. The van der Waals surface area contributed by atoms with Crippen molar-refractivity contribution in [3.05, 3.63) is 62.6 Å². The molecule has 0 saturated heterocycles. The van der Waals surface area contributed by atoms with Gasteiger partial charge in [-0.2, -0.15) is 0 Å². The van der Waals surface area contributed by atoms with Crippen LogP contribution in [-0.2, 0) is 0 Å². The Morgan fingerprint density at radius 2 is 1.75 bits per heavy atom. The minimum absolute atomic E-state index is 0.0638. The van der Waals surface area contributed by atoms with Gasteiger partial charge in [0.1, 0.15) is 5.75 Å². The predicted octanol–water partition coefficient (Wildman–Crippen LogP) is 5.27. The van der Waals surface area contributed by atoms with Crippen LogP contribution in [0.5, 0.6) is 11.5 Å². The number of rotatable bonds is 4. The number of hydrogen-bond acceptors (Lipinski definition) is 3. The van der Waals surface area contributed by atoms with Crippen LogP contribution in [0.1, 0.15) is 25.3 Å². The summed E-state index contributed by atoms with van der Waals surface area (Å²) in [6, 6.07) is 12.5. The van der Waals surface area contributed by atoms with E-state index in [-0.39, 0.29) is 17.4 Å². The Bertz CT molecular complexity index is 641. The molecule has 0 N–H and O–H groups in total. The van der Waals surface area contributed by atoms with Crippen molar-refractivity contribution in [2.75, 3.05) is 0 Å². The summed E-state index contributed by atoms with van der Waals surface area (Å²) < 4.78 is 6.18. The second-order valence-corrected chi connectivity index (χ2v) is 5.49. The van der Waals surface area contributed by atoms with Crippen molar-refractivity contribution in [2.24, 2.45) is 0 Å². The molecule has 0 amide bonds. The molecule has 0 aliphatic heterocycles. The Hall–Kier alpha value is -1.88. The average Bonchev–Trinajstić information content (AvgIpc) is 2.38. The van der Waals surface area contributed by atoms with E-state index in [1.54, 1.807) is 18.2 Å². The molecular formula is C15H14BrNO3. The fourth-order valence-electron chi connectivity index (χ4n) is 1.92. The van der Waals surface area contributed by atoms with Gasteiger partial charge in [0, 0.05) is 0 Å². The second kappa shape index (κ2) is 6.05. The lowest BCUT2D eigenvalue weighted by Gasteiger charge is -2.13. The highest BCUT2D eigenvalue weighted by Gasteiger charge is 2.21. The SMILES string of the molecule is CC(C)c1ccccc1Oc1cccc(Br)c1[N+](=O)[O-]. The Balaban J connectivity index is 2.46. The average molecular weight is 336 g/mol. The highest BCUT2D eigenvalue weighted by molar-refractivity contribution is 9.10. The minimum Gasteiger partial charge on any atom is -0.450 e. The number of para-hydroxylation sites is 2. The molecule has 0 saturated carbocycles. The van der Waals surface area contributed by atoms with Crippen LogP contribution < -0.4 is 4.74 Å². The molecule has 0 bridgehead atoms. The smallest absolute Gasteiger partial charge is 0.325 e. The monoisotopic (exact) mass is 335 g/mol. The zero-order chi connectivity index (χ0) is 14.7. The van der Waals surface area contributed by atoms with Gasteiger partial charge in [-0.25, -0.2) is 0 Å². The molecule has 0 aliphatic rings. The summed E-state index contributed by atoms with van der Waals surface area (Å²) in [5.74, 6) is 1.15. The summed E-state index contributed by atoms with van der Waals surface area (Å²) in [7, 11) is 0. The third-order valence-electron chi connectivity index (χ3n) is 2.89. The number of nitro groups is 1. The van der Waals surface area contributed by atoms with Crippen molar-refractivity contribution in [1.82, 2.24) is 0 Å². The molecule has 0 fully saturated rings. The first kappa shape index (κ1) is 14.5. The molecule has 0 aromatic heterocycles. The highest BCUT2D eigenvalue weighted by atomic mass is 79.9. The summed E-state index contributed by atoms with van der Waals surface area (Å²) in [5, 5.41) is 11.1. The van der Waals surface area contributed by atoms with Crippen LogP contribution >= 0.6 is 15.9 Å². The lowest BCUT2D eigenvalue weighted by Crippen LogP contribution is -1.97. The van der Waals surface area contributed by atoms with Crippen LogP contribution in [-0.4, -0.2) is 4.92 Å². The molecule has 2 aromatic rings. The maximum Gasteiger partial charge on any atom is 0.325 e. The van der Waals surface area contributed by atoms with Gasteiger partial charge in [-0.3, -0.25) is 10.1 Å². The van der Waals surface area contributed by atoms with Gasteiger partial charge in [0.05, 0.1) is 9.40 Å². The normalized spacial score (nSPS) is 10.6. The van der Waals surface area contributed by atoms with Gasteiger partial charge in [0.25, 0.3) is 0 Å². The molecule has 2 rings (SSSR count). The molecule has 0 radical (unpaired) electrons. The van der Waals surface area contributed by atoms with Crippen LogP contribution in [0.25, 0.3) is 0 Å². The van der Waals surface area contributed by atoms with Gasteiger partial charge in [0.15, 0.2) is 0 Å². The van der Waals surface area contributed by atoms with Crippen molar-refractivity contribution < 1.29 is 9.66 Å². The van der Waals surface area contributed by atoms with Crippen molar-refractivity contribution in [3.8, 4) is 11.5 Å². The first-order valence-electron chi connectivity index (χ1n) is 6.20. The fourth-order valence-corrected chi connectivity index (χ4v) is 2.42. The Labute approximate surface area is 125 Å². The highest BCUT2D eigenvalue weighted by Crippen LogP contribution is 2.39. The summed E-state index contributed by atoms with van der Waals surface area (Å²) >= 11 is 3.19. The van der Waals surface area contributed by atoms with Crippen LogP contribution in [0.4, 0.5) is 5.69 Å². The maximum atomic E-state index is 11.1. The molecule has 0 spiro atoms. The summed E-state index contributed by atoms with van der Waals surface area (Å²) in [6.07, 6.45) is 0. The number of ether oxygens (including phenoxy) is 1. The topological polar surface area (TPSA) is 52.4 Å². The lowest BCUT2D eigenvalue weighted by molar-refractivity contribution is -0.386. The van der Waals surface area contributed by atoms with Crippen LogP contribution in [0.3, 0.4) is 0 Å². The predicted molar refractivity (Wildman–Crippen MR) is 81.4 cm³/mol. The van der Waals surface area contributed by atoms with E-state index in [2.05, 4.69) is 29.8 Å². The number of nitrogens with zero attached hydrogens (tertiary/aromatic N) is 1. The molecule has 0 atom stereocenters. The van der Waals surface area contributed by atoms with Crippen molar-refractivity contribution in [2.45, 2.75) is 19.8 Å². The number of halogens is 1. The Morgan fingerprint density at radius 1 is 1.10 bits per heavy atom. The van der Waals surface area contributed by atoms with E-state index in [1.165, 1.54) is 0 Å². The van der Waals surface area contributed by atoms with Crippen LogP contribution in [0, 0.1) is 10.1 Å². The third kappa shape index (κ3) is 2.99.